The summed E-state index contributed by atoms with van der Waals surface area (Å²) >= 11 is 0. The monoisotopic (exact) mass is 1930 g/mol. The van der Waals surface area contributed by atoms with E-state index in [0.717, 1.165) is 102 Å². The van der Waals surface area contributed by atoms with E-state index in [9.17, 15) is 38.4 Å². The Balaban J connectivity index is -0.000000123. The zero-order valence-corrected chi connectivity index (χ0v) is 102. The molecule has 818 valence electrons. The Bertz CT molecular complexity index is 2760. The fourth-order valence-corrected chi connectivity index (χ4v) is 11.5. The summed E-state index contributed by atoms with van der Waals surface area (Å²) in [5.74, 6) is 1.89. The lowest BCUT2D eigenvalue weighted by molar-refractivity contribution is -0.151. The highest BCUT2D eigenvalue weighted by Gasteiger charge is 2.23. The molecule has 0 fully saturated rings. The van der Waals surface area contributed by atoms with Crippen molar-refractivity contribution in [2.24, 2.45) is 100 Å². The Kier molecular flexibility index (Phi) is 97.5. The standard InChI is InChI=1S/2C13H26O2.2C11H22O2.3C10H20O2.C9H18O2.C9H20.2C8H18.C7H16/c1-7-10(2)8-12(14)15-11(3)9-13(4,5)6;1-6-11(2)10-12(14)15-9-7-8-13(3,4)5;1-9(2)10(12)13-8-6-7-11(3,4)5;1-6-10(12)13-9(2)7-8-11(3,4)5;1-8(2)9(11)12-7-6-10(3,4)5;1-6-9(11)12-8(2)7-10(3,4)5;1-5-9(11)12-8-6-7-10(2,3)4;1-5-8(10)11-7-6-9(2,3)4;1-8(2)6-7-9(3,4)5;1-7(2)6-8(3,4)5;1-5-6-7-8(2,3)4;1-5-6-7(2,3)4/h10-11H,7-9H2,1-6H3;11H,6-10H2,1-5H3;2*9H,6-8H2,1-5H3;2*8H,6-7H2,1-5H3;5-8H2,1-4H3;5-7H2,1-4H3;8H,6-7H2,1-5H3;7H,6H2,1-5H3;5-7H2,1-4H3;5-6H2,1-4H3. The maximum absolute atomic E-state index is 11.5. The molecule has 0 radical (unpaired) electrons. The molecule has 0 aromatic carbocycles. The van der Waals surface area contributed by atoms with Crippen LogP contribution < -0.4 is 0 Å². The van der Waals surface area contributed by atoms with Crippen LogP contribution >= 0.6 is 0 Å². The smallest absolute Gasteiger partial charge is 0.308 e. The van der Waals surface area contributed by atoms with Crippen molar-refractivity contribution in [3.05, 3.63) is 0 Å². The highest BCUT2D eigenvalue weighted by Crippen LogP contribution is 2.30. The molecule has 135 heavy (non-hydrogen) atoms. The highest BCUT2D eigenvalue weighted by molar-refractivity contribution is 5.72. The van der Waals surface area contributed by atoms with Crippen molar-refractivity contribution >= 4 is 47.8 Å². The molecule has 0 saturated carbocycles. The van der Waals surface area contributed by atoms with Gasteiger partial charge in [-0.3, -0.25) is 38.4 Å². The van der Waals surface area contributed by atoms with Crippen molar-refractivity contribution in [1.82, 2.24) is 0 Å². The van der Waals surface area contributed by atoms with Gasteiger partial charge in [0, 0.05) is 38.5 Å². The molecule has 0 aromatic rings. The van der Waals surface area contributed by atoms with Gasteiger partial charge < -0.3 is 37.9 Å². The van der Waals surface area contributed by atoms with Crippen molar-refractivity contribution in [2.45, 2.75) is 593 Å². The van der Waals surface area contributed by atoms with E-state index < -0.39 is 0 Å². The number of ether oxygens (including phenoxy) is 8. The van der Waals surface area contributed by atoms with Crippen LogP contribution in [0.15, 0.2) is 0 Å². The van der Waals surface area contributed by atoms with Gasteiger partial charge in [-0.15, -0.1) is 0 Å². The molecule has 0 spiro atoms. The molecule has 0 heterocycles. The number of rotatable bonds is 38. The van der Waals surface area contributed by atoms with Gasteiger partial charge in [-0.1, -0.05) is 412 Å². The summed E-state index contributed by atoms with van der Waals surface area (Å²) in [5.41, 5.74) is 4.46. The number of hydrogen-bond acceptors (Lipinski definition) is 16. The first-order chi connectivity index (χ1) is 60.3. The zero-order chi connectivity index (χ0) is 110. The molecule has 0 saturated heterocycles. The second kappa shape index (κ2) is 84.3. The first-order valence-corrected chi connectivity index (χ1v) is 53.7. The van der Waals surface area contributed by atoms with Crippen molar-refractivity contribution in [3.8, 4) is 0 Å². The van der Waals surface area contributed by atoms with Gasteiger partial charge in [0.1, 0.15) is 0 Å². The average molecular weight is 1930 g/mol. The molecule has 16 nitrogen and oxygen atoms in total. The lowest BCUT2D eigenvalue weighted by Gasteiger charge is -2.23. The van der Waals surface area contributed by atoms with Gasteiger partial charge in [0.15, 0.2) is 0 Å². The van der Waals surface area contributed by atoms with Gasteiger partial charge in [0.25, 0.3) is 0 Å². The van der Waals surface area contributed by atoms with Crippen LogP contribution in [0, 0.1) is 100 Å². The summed E-state index contributed by atoms with van der Waals surface area (Å²) in [6.45, 7) is 125. The van der Waals surface area contributed by atoms with E-state index in [-0.39, 0.29) is 99.6 Å². The Morgan fingerprint density at radius 3 is 0.681 bits per heavy atom. The maximum atomic E-state index is 11.5. The van der Waals surface area contributed by atoms with Crippen LogP contribution in [-0.2, 0) is 76.3 Å². The molecule has 0 bridgehead atoms. The van der Waals surface area contributed by atoms with Gasteiger partial charge in [-0.2, -0.15) is 0 Å². The van der Waals surface area contributed by atoms with E-state index in [4.69, 9.17) is 37.9 Å². The van der Waals surface area contributed by atoms with E-state index >= 15 is 0 Å². The Morgan fingerprint density at radius 1 is 0.215 bits per heavy atom. The molecular weight excluding hydrogens is 1690 g/mol. The normalized spacial score (nSPS) is 12.9. The van der Waals surface area contributed by atoms with Crippen LogP contribution in [0.4, 0.5) is 0 Å². The van der Waals surface area contributed by atoms with Crippen LogP contribution in [0.2, 0.25) is 0 Å². The summed E-state index contributed by atoms with van der Waals surface area (Å²) in [6.07, 6.45) is 27.9. The van der Waals surface area contributed by atoms with Crippen LogP contribution in [-0.4, -0.2) is 99.1 Å². The predicted octanol–water partition coefficient (Wildman–Crippen LogP) is 36.9. The lowest BCUT2D eigenvalue weighted by Crippen LogP contribution is -2.22. The molecular formula is C119H246O16. The topological polar surface area (TPSA) is 210 Å². The number of unbranched alkanes of at least 4 members (excludes halogenated alkanes) is 1. The lowest BCUT2D eigenvalue weighted by atomic mass is 9.86. The largest absolute Gasteiger partial charge is 0.466 e. The summed E-state index contributed by atoms with van der Waals surface area (Å²) in [5, 5.41) is 0. The van der Waals surface area contributed by atoms with Gasteiger partial charge in [0.05, 0.1) is 63.2 Å². The number of esters is 8. The summed E-state index contributed by atoms with van der Waals surface area (Å²) < 4.78 is 40.8. The first-order valence-electron chi connectivity index (χ1n) is 53.7. The predicted molar refractivity (Wildman–Crippen MR) is 587 cm³/mol. The number of hydrogen-bond donors (Lipinski definition) is 0. The van der Waals surface area contributed by atoms with Crippen LogP contribution in [0.5, 0.6) is 0 Å². The summed E-state index contributed by atoms with van der Waals surface area (Å²) in [4.78, 5) is 88.1. The quantitative estimate of drug-likeness (QED) is 0.0320. The summed E-state index contributed by atoms with van der Waals surface area (Å²) in [6, 6.07) is 0. The minimum atomic E-state index is -0.105. The second-order valence-corrected chi connectivity index (χ2v) is 53.9. The maximum Gasteiger partial charge on any atom is 0.308 e. The number of carbonyl (C=O) groups excluding carboxylic acids is 8. The van der Waals surface area contributed by atoms with Gasteiger partial charge in [-0.25, -0.2) is 0 Å². The molecule has 5 atom stereocenters. The third-order valence-corrected chi connectivity index (χ3v) is 19.6. The minimum absolute atomic E-state index is 0.00497. The van der Waals surface area contributed by atoms with E-state index in [1.165, 1.54) is 51.4 Å². The second-order valence-electron chi connectivity index (χ2n) is 53.9. The molecule has 0 aliphatic rings. The fourth-order valence-electron chi connectivity index (χ4n) is 11.5. The van der Waals surface area contributed by atoms with Crippen molar-refractivity contribution in [1.29, 1.82) is 0 Å². The minimum Gasteiger partial charge on any atom is -0.466 e. The molecule has 0 rings (SSSR count). The molecule has 5 unspecified atom stereocenters. The third-order valence-electron chi connectivity index (χ3n) is 19.6. The van der Waals surface area contributed by atoms with Crippen LogP contribution in [0.1, 0.15) is 574 Å². The zero-order valence-electron chi connectivity index (χ0n) is 102. The van der Waals surface area contributed by atoms with Crippen LogP contribution in [0.3, 0.4) is 0 Å². The molecule has 0 N–H and O–H groups in total. The fraction of sp³-hybridized carbons (Fsp3) is 0.933. The Hall–Kier alpha value is -4.24. The van der Waals surface area contributed by atoms with Crippen LogP contribution in [0.25, 0.3) is 0 Å². The first kappa shape index (κ1) is 156. The molecule has 0 aromatic heterocycles. The number of carbonyl (C=O) groups is 8. The summed E-state index contributed by atoms with van der Waals surface area (Å²) in [7, 11) is 0. The van der Waals surface area contributed by atoms with E-state index in [2.05, 4.69) is 318 Å². The van der Waals surface area contributed by atoms with Gasteiger partial charge >= 0.3 is 47.8 Å². The third kappa shape index (κ3) is 176. The van der Waals surface area contributed by atoms with Crippen molar-refractivity contribution in [2.75, 3.05) is 33.0 Å². The molecule has 0 aliphatic carbocycles. The highest BCUT2D eigenvalue weighted by atomic mass is 16.6. The Labute approximate surface area is 845 Å². The van der Waals surface area contributed by atoms with E-state index in [1.807, 2.05) is 69.2 Å². The van der Waals surface area contributed by atoms with Gasteiger partial charge in [-0.05, 0) is 212 Å². The molecule has 16 heteroatoms. The van der Waals surface area contributed by atoms with E-state index in [1.54, 1.807) is 6.92 Å². The molecule has 0 amide bonds. The van der Waals surface area contributed by atoms with Crippen molar-refractivity contribution in [3.63, 3.8) is 0 Å². The molecule has 0 aliphatic heterocycles. The average Bonchev–Trinajstić information content (AvgIpc) is 0.898. The van der Waals surface area contributed by atoms with Gasteiger partial charge in [0.2, 0.25) is 0 Å². The van der Waals surface area contributed by atoms with Crippen molar-refractivity contribution < 1.29 is 76.3 Å². The van der Waals surface area contributed by atoms with E-state index in [0.29, 0.717) is 127 Å². The Morgan fingerprint density at radius 2 is 0.459 bits per heavy atom. The SMILES string of the molecule is CC(C)C(=O)OCCC(C)(C)C.CC(C)C(=O)OCCCC(C)(C)C.CC(C)CC(C)(C)C.CC(C)CCC(C)(C)C.CCC(=O)OC(C)CC(C)(C)C.CCC(=O)OC(C)CCC(C)(C)C.CCC(=O)OCCC(C)(C)C.CCC(=O)OCCCC(C)(C)C.CCC(C)CC(=O)OC(C)CC(C)(C)C.CCC(C)CC(=O)OCCCC(C)(C)C.CCCC(C)(C)C.CCCCC(C)(C)C.